The van der Waals surface area contributed by atoms with Gasteiger partial charge in [-0.3, -0.25) is 4.79 Å². The van der Waals surface area contributed by atoms with Crippen molar-refractivity contribution >= 4 is 5.91 Å². The maximum absolute atomic E-state index is 10.3. The summed E-state index contributed by atoms with van der Waals surface area (Å²) in [6.07, 6.45) is 1.15. The summed E-state index contributed by atoms with van der Waals surface area (Å²) < 4.78 is 0. The number of hydrogen-bond donors (Lipinski definition) is 1. The van der Waals surface area contributed by atoms with Gasteiger partial charge in [0.15, 0.2) is 5.69 Å². The SMILES string of the molecule is NC(=O)c1cnnnn1. The first-order valence-electron chi connectivity index (χ1n) is 2.11. The number of aromatic nitrogens is 4. The van der Waals surface area contributed by atoms with Gasteiger partial charge in [-0.25, -0.2) is 0 Å². The van der Waals surface area contributed by atoms with E-state index in [9.17, 15) is 4.79 Å². The van der Waals surface area contributed by atoms with Gasteiger partial charge >= 0.3 is 0 Å². The third-order valence-corrected chi connectivity index (χ3v) is 0.677. The van der Waals surface area contributed by atoms with E-state index < -0.39 is 5.91 Å². The lowest BCUT2D eigenvalue weighted by atomic mass is 10.5. The fraction of sp³-hybridized carbons (Fsp3) is 0. The maximum Gasteiger partial charge on any atom is 0.270 e. The standard InChI is InChI=1S/C3H3N5O/c4-3(9)2-1-5-7-8-6-2/h1H,(H2,4,9). The number of primary amides is 1. The van der Waals surface area contributed by atoms with Gasteiger partial charge in [-0.2, -0.15) is 0 Å². The fourth-order valence-corrected chi connectivity index (χ4v) is 0.311. The van der Waals surface area contributed by atoms with Crippen molar-refractivity contribution in [1.82, 2.24) is 20.6 Å². The highest BCUT2D eigenvalue weighted by Gasteiger charge is 1.99. The molecule has 9 heavy (non-hydrogen) atoms. The Hall–Kier alpha value is -1.59. The lowest BCUT2D eigenvalue weighted by Gasteiger charge is -1.85. The molecule has 0 radical (unpaired) electrons. The molecule has 0 aliphatic heterocycles. The predicted molar refractivity (Wildman–Crippen MR) is 26.1 cm³/mol. The van der Waals surface area contributed by atoms with Crippen LogP contribution in [0.4, 0.5) is 0 Å². The second-order valence-corrected chi connectivity index (χ2v) is 1.27. The van der Waals surface area contributed by atoms with E-state index in [0.717, 1.165) is 6.20 Å². The van der Waals surface area contributed by atoms with Crippen LogP contribution in [0.2, 0.25) is 0 Å². The quantitative estimate of drug-likeness (QED) is 0.486. The highest BCUT2D eigenvalue weighted by molar-refractivity contribution is 5.90. The number of amides is 1. The molecule has 1 rings (SSSR count). The summed E-state index contributed by atoms with van der Waals surface area (Å²) in [6.45, 7) is 0. The smallest absolute Gasteiger partial charge is 0.270 e. The minimum Gasteiger partial charge on any atom is -0.364 e. The van der Waals surface area contributed by atoms with Gasteiger partial charge in [0, 0.05) is 0 Å². The molecule has 0 saturated carbocycles. The summed E-state index contributed by atoms with van der Waals surface area (Å²) >= 11 is 0. The van der Waals surface area contributed by atoms with Gasteiger partial charge in [0.2, 0.25) is 0 Å². The first kappa shape index (κ1) is 5.54. The molecule has 1 aromatic rings. The average Bonchev–Trinajstić information content (AvgIpc) is 1.90. The lowest BCUT2D eigenvalue weighted by Crippen LogP contribution is -2.14. The van der Waals surface area contributed by atoms with E-state index in [-0.39, 0.29) is 5.69 Å². The molecule has 0 aliphatic carbocycles. The Labute approximate surface area is 50.1 Å². The van der Waals surface area contributed by atoms with E-state index >= 15 is 0 Å². The number of rotatable bonds is 1. The van der Waals surface area contributed by atoms with Crippen molar-refractivity contribution in [3.63, 3.8) is 0 Å². The monoisotopic (exact) mass is 125 g/mol. The van der Waals surface area contributed by atoms with Crippen molar-refractivity contribution < 1.29 is 4.79 Å². The van der Waals surface area contributed by atoms with Gasteiger partial charge in [-0.05, 0) is 10.4 Å². The van der Waals surface area contributed by atoms with Crippen molar-refractivity contribution in [2.45, 2.75) is 0 Å². The topological polar surface area (TPSA) is 94.7 Å². The summed E-state index contributed by atoms with van der Waals surface area (Å²) in [5.41, 5.74) is 4.82. The zero-order valence-corrected chi connectivity index (χ0v) is 4.35. The Morgan fingerprint density at radius 2 is 2.33 bits per heavy atom. The number of nitrogens with zero attached hydrogens (tertiary/aromatic N) is 4. The lowest BCUT2D eigenvalue weighted by molar-refractivity contribution is 0.0993. The third-order valence-electron chi connectivity index (χ3n) is 0.677. The molecule has 1 heterocycles. The van der Waals surface area contributed by atoms with Gasteiger partial charge in [0.25, 0.3) is 5.91 Å². The summed E-state index contributed by atoms with van der Waals surface area (Å²) in [7, 11) is 0. The van der Waals surface area contributed by atoms with Crippen LogP contribution >= 0.6 is 0 Å². The van der Waals surface area contributed by atoms with Crippen molar-refractivity contribution in [1.29, 1.82) is 0 Å². The average molecular weight is 125 g/mol. The predicted octanol–water partition coefficient (Wildman–Crippen LogP) is -1.63. The third kappa shape index (κ3) is 1.15. The Morgan fingerprint density at radius 3 is 2.67 bits per heavy atom. The molecule has 0 spiro atoms. The van der Waals surface area contributed by atoms with Gasteiger partial charge < -0.3 is 5.73 Å². The normalized spacial score (nSPS) is 8.89. The van der Waals surface area contributed by atoms with E-state index in [2.05, 4.69) is 20.6 Å². The highest BCUT2D eigenvalue weighted by Crippen LogP contribution is 1.80. The second kappa shape index (κ2) is 2.12. The van der Waals surface area contributed by atoms with Crippen LogP contribution in [0.3, 0.4) is 0 Å². The highest BCUT2D eigenvalue weighted by atomic mass is 16.1. The summed E-state index contributed by atoms with van der Waals surface area (Å²) in [5.74, 6) is -0.655. The molecule has 6 heteroatoms. The number of carbonyl (C=O) groups is 1. The Kier molecular flexibility index (Phi) is 1.31. The minimum absolute atomic E-state index is 0.0185. The molecule has 46 valence electrons. The maximum atomic E-state index is 10.3. The van der Waals surface area contributed by atoms with Crippen LogP contribution in [0.1, 0.15) is 10.5 Å². The second-order valence-electron chi connectivity index (χ2n) is 1.27. The number of hydrogen-bond acceptors (Lipinski definition) is 5. The molecular formula is C3H3N5O. The molecule has 0 aromatic carbocycles. The first-order valence-corrected chi connectivity index (χ1v) is 2.11. The Balaban J connectivity index is 2.98. The van der Waals surface area contributed by atoms with E-state index in [1.165, 1.54) is 0 Å². The van der Waals surface area contributed by atoms with E-state index in [4.69, 9.17) is 5.73 Å². The fourth-order valence-electron chi connectivity index (χ4n) is 0.311. The molecule has 0 bridgehead atoms. The van der Waals surface area contributed by atoms with Gasteiger partial charge in [0.05, 0.1) is 6.20 Å². The Morgan fingerprint density at radius 1 is 1.56 bits per heavy atom. The molecule has 1 amide bonds. The summed E-state index contributed by atoms with van der Waals surface area (Å²) in [4.78, 5) is 10.3. The van der Waals surface area contributed by atoms with Crippen LogP contribution < -0.4 is 5.73 Å². The largest absolute Gasteiger partial charge is 0.364 e. The minimum atomic E-state index is -0.655. The number of carbonyl (C=O) groups excluding carboxylic acids is 1. The molecular weight excluding hydrogens is 122 g/mol. The van der Waals surface area contributed by atoms with Gasteiger partial charge in [0.1, 0.15) is 0 Å². The zero-order valence-electron chi connectivity index (χ0n) is 4.35. The van der Waals surface area contributed by atoms with Gasteiger partial charge in [-0.1, -0.05) is 0 Å². The zero-order chi connectivity index (χ0) is 6.69. The van der Waals surface area contributed by atoms with E-state index in [1.54, 1.807) is 0 Å². The van der Waals surface area contributed by atoms with Crippen molar-refractivity contribution in [2.75, 3.05) is 0 Å². The first-order chi connectivity index (χ1) is 4.30. The van der Waals surface area contributed by atoms with Crippen LogP contribution in [0.25, 0.3) is 0 Å². The van der Waals surface area contributed by atoms with Crippen LogP contribution in [0.5, 0.6) is 0 Å². The van der Waals surface area contributed by atoms with E-state index in [1.807, 2.05) is 0 Å². The van der Waals surface area contributed by atoms with Crippen molar-refractivity contribution in [3.05, 3.63) is 11.9 Å². The molecule has 2 N–H and O–H groups in total. The summed E-state index contributed by atoms with van der Waals surface area (Å²) in [5, 5.41) is 12.8. The molecule has 0 atom stereocenters. The molecule has 0 fully saturated rings. The van der Waals surface area contributed by atoms with Gasteiger partial charge in [-0.15, -0.1) is 10.2 Å². The van der Waals surface area contributed by atoms with Crippen LogP contribution in [0, 0.1) is 0 Å². The Bertz CT molecular complexity index is 209. The molecule has 0 unspecified atom stereocenters. The molecule has 0 saturated heterocycles. The summed E-state index contributed by atoms with van der Waals surface area (Å²) in [6, 6.07) is 0. The molecule has 0 aliphatic rings. The van der Waals surface area contributed by atoms with Crippen LogP contribution in [0.15, 0.2) is 6.20 Å². The van der Waals surface area contributed by atoms with Crippen molar-refractivity contribution in [3.8, 4) is 0 Å². The molecule has 1 aromatic heterocycles. The number of nitrogens with two attached hydrogens (primary N) is 1. The van der Waals surface area contributed by atoms with Crippen LogP contribution in [-0.2, 0) is 0 Å². The van der Waals surface area contributed by atoms with Crippen LogP contribution in [-0.4, -0.2) is 26.5 Å². The molecule has 6 nitrogen and oxygen atoms in total. The van der Waals surface area contributed by atoms with Crippen molar-refractivity contribution in [2.24, 2.45) is 5.73 Å². The van der Waals surface area contributed by atoms with E-state index in [0.29, 0.717) is 0 Å².